The van der Waals surface area contributed by atoms with E-state index in [9.17, 15) is 24.3 Å². The highest BCUT2D eigenvalue weighted by atomic mass is 16.7. The van der Waals surface area contributed by atoms with Gasteiger partial charge in [-0.05, 0) is 0 Å². The van der Waals surface area contributed by atoms with E-state index in [-0.39, 0.29) is 6.61 Å². The van der Waals surface area contributed by atoms with E-state index in [2.05, 4.69) is 5.32 Å². The summed E-state index contributed by atoms with van der Waals surface area (Å²) in [7, 11) is 0. The van der Waals surface area contributed by atoms with E-state index in [1.807, 2.05) is 0 Å². The van der Waals surface area contributed by atoms with Crippen LogP contribution in [-0.4, -0.2) is 66.2 Å². The number of ether oxygens (including phenoxy) is 4. The molecule has 2 N–H and O–H groups in total. The average Bonchev–Trinajstić information content (AvgIpc) is 2.42. The van der Waals surface area contributed by atoms with Crippen LogP contribution in [0.3, 0.4) is 0 Å². The molecule has 0 aromatic heterocycles. The highest BCUT2D eigenvalue weighted by Gasteiger charge is 2.50. The molecule has 10 nitrogen and oxygen atoms in total. The van der Waals surface area contributed by atoms with Crippen molar-refractivity contribution in [3.8, 4) is 0 Å². The zero-order valence-electron chi connectivity index (χ0n) is 13.8. The fourth-order valence-electron chi connectivity index (χ4n) is 2.31. The number of aliphatic hydroxyl groups excluding tert-OH is 1. The van der Waals surface area contributed by atoms with Crippen molar-refractivity contribution >= 4 is 23.8 Å². The van der Waals surface area contributed by atoms with Gasteiger partial charge in [-0.25, -0.2) is 0 Å². The summed E-state index contributed by atoms with van der Waals surface area (Å²) in [6.45, 7) is 4.28. The number of esters is 3. The molecule has 0 aromatic carbocycles. The van der Waals surface area contributed by atoms with Crippen LogP contribution in [0.2, 0.25) is 0 Å². The Kier molecular flexibility index (Phi) is 7.11. The van der Waals surface area contributed by atoms with Gasteiger partial charge in [0.25, 0.3) is 0 Å². The lowest BCUT2D eigenvalue weighted by Crippen LogP contribution is -2.66. The lowest BCUT2D eigenvalue weighted by atomic mass is 9.96. The van der Waals surface area contributed by atoms with Crippen molar-refractivity contribution < 1.29 is 43.2 Å². The lowest BCUT2D eigenvalue weighted by Gasteiger charge is -2.43. The third-order valence-electron chi connectivity index (χ3n) is 3.09. The van der Waals surface area contributed by atoms with E-state index in [4.69, 9.17) is 18.9 Å². The molecular formula is C14H21NO9. The molecule has 1 fully saturated rings. The zero-order chi connectivity index (χ0) is 18.4. The van der Waals surface area contributed by atoms with Crippen LogP contribution in [0.15, 0.2) is 0 Å². The monoisotopic (exact) mass is 347 g/mol. The molecule has 0 spiro atoms. The largest absolute Gasteiger partial charge is 0.463 e. The summed E-state index contributed by atoms with van der Waals surface area (Å²) in [5, 5.41) is 12.5. The van der Waals surface area contributed by atoms with E-state index in [0.717, 1.165) is 13.8 Å². The van der Waals surface area contributed by atoms with Crippen LogP contribution in [0.5, 0.6) is 0 Å². The molecule has 1 aliphatic heterocycles. The maximum atomic E-state index is 11.4. The topological polar surface area (TPSA) is 137 Å². The van der Waals surface area contributed by atoms with Gasteiger partial charge in [0.1, 0.15) is 18.8 Å². The van der Waals surface area contributed by atoms with Crippen molar-refractivity contribution in [3.63, 3.8) is 0 Å². The van der Waals surface area contributed by atoms with Gasteiger partial charge in [-0.3, -0.25) is 19.2 Å². The van der Waals surface area contributed by atoms with Crippen LogP contribution in [0, 0.1) is 0 Å². The Hall–Kier alpha value is -2.20. The number of aliphatic hydroxyl groups is 1. The number of hydrogen-bond donors (Lipinski definition) is 2. The first-order chi connectivity index (χ1) is 11.1. The second-order valence-electron chi connectivity index (χ2n) is 5.24. The van der Waals surface area contributed by atoms with E-state index >= 15 is 0 Å². The molecule has 0 radical (unpaired) electrons. The molecule has 1 aliphatic rings. The minimum absolute atomic E-state index is 0.338. The van der Waals surface area contributed by atoms with Crippen LogP contribution in [0.4, 0.5) is 0 Å². The Balaban J connectivity index is 3.11. The van der Waals surface area contributed by atoms with Crippen LogP contribution in [0.1, 0.15) is 27.7 Å². The Morgan fingerprint density at radius 1 is 0.958 bits per heavy atom. The van der Waals surface area contributed by atoms with Crippen LogP contribution < -0.4 is 5.32 Å². The zero-order valence-corrected chi connectivity index (χ0v) is 13.8. The first-order valence-corrected chi connectivity index (χ1v) is 7.20. The van der Waals surface area contributed by atoms with Crippen molar-refractivity contribution in [1.82, 2.24) is 5.32 Å². The second-order valence-corrected chi connectivity index (χ2v) is 5.24. The number of hydrogen-bond acceptors (Lipinski definition) is 9. The summed E-state index contributed by atoms with van der Waals surface area (Å²) in [6, 6.07) is -1.16. The molecular weight excluding hydrogens is 326 g/mol. The van der Waals surface area contributed by atoms with E-state index in [0.29, 0.717) is 0 Å². The van der Waals surface area contributed by atoms with Gasteiger partial charge in [0.15, 0.2) is 18.5 Å². The van der Waals surface area contributed by atoms with Gasteiger partial charge >= 0.3 is 17.9 Å². The summed E-state index contributed by atoms with van der Waals surface area (Å²) in [5.74, 6) is -2.54. The number of amides is 1. The standard InChI is InChI=1S/C14H21NO9/c1-6(16)15-11-13(23-9(4)19)12(22-8(3)18)10(24-14(11)20)5-21-7(2)17/h10-14,20H,5H2,1-4H3,(H,15,16)/t10?,11?,12-,13?,14?/m0/s1. The van der Waals surface area contributed by atoms with Crippen LogP contribution >= 0.6 is 0 Å². The van der Waals surface area contributed by atoms with Crippen molar-refractivity contribution in [2.75, 3.05) is 6.61 Å². The molecule has 0 aromatic rings. The molecule has 1 saturated heterocycles. The van der Waals surface area contributed by atoms with Gasteiger partial charge in [0.05, 0.1) is 0 Å². The minimum atomic E-state index is -1.56. The van der Waals surface area contributed by atoms with Crippen LogP contribution in [-0.2, 0) is 38.1 Å². The third kappa shape index (κ3) is 5.78. The highest BCUT2D eigenvalue weighted by Crippen LogP contribution is 2.26. The van der Waals surface area contributed by atoms with Crippen LogP contribution in [0.25, 0.3) is 0 Å². The summed E-state index contributed by atoms with van der Waals surface area (Å²) in [5.41, 5.74) is 0. The molecule has 24 heavy (non-hydrogen) atoms. The number of carbonyl (C=O) groups excluding carboxylic acids is 4. The summed E-state index contributed by atoms with van der Waals surface area (Å²) in [4.78, 5) is 45.0. The highest BCUT2D eigenvalue weighted by molar-refractivity contribution is 5.73. The molecule has 4 unspecified atom stereocenters. The maximum absolute atomic E-state index is 11.4. The molecule has 5 atom stereocenters. The molecule has 1 rings (SSSR count). The van der Waals surface area contributed by atoms with Crippen molar-refractivity contribution in [2.45, 2.75) is 58.3 Å². The number of carbonyl (C=O) groups is 4. The second kappa shape index (κ2) is 8.60. The van der Waals surface area contributed by atoms with Crippen molar-refractivity contribution in [3.05, 3.63) is 0 Å². The Labute approximate surface area is 138 Å². The fraction of sp³-hybridized carbons (Fsp3) is 0.714. The van der Waals surface area contributed by atoms with Gasteiger partial charge in [0, 0.05) is 27.7 Å². The van der Waals surface area contributed by atoms with E-state index in [1.165, 1.54) is 13.8 Å². The van der Waals surface area contributed by atoms with Gasteiger partial charge in [-0.15, -0.1) is 0 Å². The molecule has 0 saturated carbocycles. The smallest absolute Gasteiger partial charge is 0.303 e. The summed E-state index contributed by atoms with van der Waals surface area (Å²) >= 11 is 0. The Morgan fingerprint density at radius 3 is 1.96 bits per heavy atom. The normalized spacial score (nSPS) is 29.3. The number of nitrogens with one attached hydrogen (secondary N) is 1. The summed E-state index contributed by atoms with van der Waals surface area (Å²) < 4.78 is 20.3. The Morgan fingerprint density at radius 2 is 1.50 bits per heavy atom. The first kappa shape index (κ1) is 19.8. The van der Waals surface area contributed by atoms with E-state index < -0.39 is 54.5 Å². The molecule has 1 heterocycles. The van der Waals surface area contributed by atoms with Gasteiger partial charge < -0.3 is 29.4 Å². The Bertz CT molecular complexity index is 506. The molecule has 136 valence electrons. The van der Waals surface area contributed by atoms with Gasteiger partial charge in [-0.1, -0.05) is 0 Å². The SMILES string of the molecule is CC(=O)NC1C(O)OC(COC(C)=O)[C@H](OC(C)=O)C1OC(C)=O. The van der Waals surface area contributed by atoms with Gasteiger partial charge in [-0.2, -0.15) is 0 Å². The molecule has 0 bridgehead atoms. The minimum Gasteiger partial charge on any atom is -0.463 e. The van der Waals surface area contributed by atoms with E-state index in [1.54, 1.807) is 0 Å². The van der Waals surface area contributed by atoms with Crippen molar-refractivity contribution in [1.29, 1.82) is 0 Å². The lowest BCUT2D eigenvalue weighted by molar-refractivity contribution is -0.264. The predicted octanol–water partition coefficient (Wildman–Crippen LogP) is -1.37. The fourth-order valence-corrected chi connectivity index (χ4v) is 2.31. The average molecular weight is 347 g/mol. The molecule has 10 heteroatoms. The predicted molar refractivity (Wildman–Crippen MR) is 76.2 cm³/mol. The third-order valence-corrected chi connectivity index (χ3v) is 3.09. The molecule has 0 aliphatic carbocycles. The number of rotatable bonds is 5. The van der Waals surface area contributed by atoms with Gasteiger partial charge in [0.2, 0.25) is 5.91 Å². The molecule has 1 amide bonds. The maximum Gasteiger partial charge on any atom is 0.303 e. The first-order valence-electron chi connectivity index (χ1n) is 7.20. The quantitative estimate of drug-likeness (QED) is 0.456. The van der Waals surface area contributed by atoms with Crippen molar-refractivity contribution in [2.24, 2.45) is 0 Å². The summed E-state index contributed by atoms with van der Waals surface area (Å²) in [6.07, 6.45) is -5.06.